The number of benzene rings is 1. The molecule has 10 atom stereocenters. The van der Waals surface area contributed by atoms with Crippen LogP contribution in [0.3, 0.4) is 0 Å². The number of nitrogens with zero attached hydrogens (tertiary/aromatic N) is 2. The van der Waals surface area contributed by atoms with Crippen molar-refractivity contribution in [3.63, 3.8) is 0 Å². The summed E-state index contributed by atoms with van der Waals surface area (Å²) in [5.41, 5.74) is 13.6. The van der Waals surface area contributed by atoms with Gasteiger partial charge in [0.15, 0.2) is 0 Å². The Labute approximate surface area is 351 Å². The summed E-state index contributed by atoms with van der Waals surface area (Å²) < 4.78 is 0. The average molecular weight is 771 g/mol. The van der Waals surface area contributed by atoms with Crippen molar-refractivity contribution in [1.82, 2.24) is 4.90 Å². The van der Waals surface area contributed by atoms with Crippen molar-refractivity contribution in [2.75, 3.05) is 4.90 Å². The van der Waals surface area contributed by atoms with Gasteiger partial charge in [-0.15, -0.1) is 0 Å². The van der Waals surface area contributed by atoms with Crippen LogP contribution < -0.4 is 4.90 Å². The number of hydrogen-bond acceptors (Lipinski definition) is 2. The molecule has 1 aromatic rings. The third kappa shape index (κ3) is 7.20. The first-order valence-electron chi connectivity index (χ1n) is 24.6. The molecule has 10 aliphatic rings. The summed E-state index contributed by atoms with van der Waals surface area (Å²) in [6.07, 6.45) is 60.8. The van der Waals surface area contributed by atoms with E-state index < -0.39 is 0 Å². The minimum Gasteiger partial charge on any atom is -0.360 e. The Morgan fingerprint density at radius 1 is 0.569 bits per heavy atom. The minimum atomic E-state index is 0.452. The molecule has 0 amide bonds. The van der Waals surface area contributed by atoms with E-state index in [2.05, 4.69) is 107 Å². The highest BCUT2D eigenvalue weighted by atomic mass is 15.2. The van der Waals surface area contributed by atoms with Gasteiger partial charge in [0.25, 0.3) is 0 Å². The molecule has 2 fully saturated rings. The van der Waals surface area contributed by atoms with Crippen LogP contribution in [0.2, 0.25) is 0 Å². The number of anilines is 1. The molecule has 0 aromatic heterocycles. The Morgan fingerprint density at radius 3 is 2.21 bits per heavy atom. The van der Waals surface area contributed by atoms with Crippen molar-refractivity contribution >= 4 is 5.69 Å². The van der Waals surface area contributed by atoms with Crippen molar-refractivity contribution in [1.29, 1.82) is 0 Å². The molecular formula is C56H70N2. The number of allylic oxidation sites excluding steroid dienone is 10. The van der Waals surface area contributed by atoms with Crippen molar-refractivity contribution in [3.05, 3.63) is 136 Å². The maximum absolute atomic E-state index is 3.03. The lowest BCUT2D eigenvalue weighted by molar-refractivity contribution is 0.113. The summed E-state index contributed by atoms with van der Waals surface area (Å²) in [5.74, 6) is 3.47. The molecule has 9 aliphatic carbocycles. The normalized spacial score (nSPS) is 37.0. The molecule has 0 bridgehead atoms. The van der Waals surface area contributed by atoms with Crippen LogP contribution in [-0.4, -0.2) is 35.1 Å². The summed E-state index contributed by atoms with van der Waals surface area (Å²) in [5, 5.41) is 0. The second kappa shape index (κ2) is 16.6. The maximum Gasteiger partial charge on any atom is 0.0583 e. The number of fused-ring (bicyclic) bond motifs is 4. The van der Waals surface area contributed by atoms with Crippen LogP contribution in [-0.2, 0) is 0 Å². The van der Waals surface area contributed by atoms with Crippen LogP contribution in [0.25, 0.3) is 0 Å². The quantitative estimate of drug-likeness (QED) is 0.255. The molecule has 1 aliphatic heterocycles. The fourth-order valence-electron chi connectivity index (χ4n) is 14.3. The zero-order valence-corrected chi connectivity index (χ0v) is 35.5. The van der Waals surface area contributed by atoms with Crippen LogP contribution in [0.4, 0.5) is 5.69 Å². The van der Waals surface area contributed by atoms with E-state index in [9.17, 15) is 0 Å². The van der Waals surface area contributed by atoms with E-state index in [1.54, 1.807) is 16.7 Å². The maximum atomic E-state index is 3.03. The van der Waals surface area contributed by atoms with Gasteiger partial charge in [-0.1, -0.05) is 133 Å². The molecule has 58 heavy (non-hydrogen) atoms. The van der Waals surface area contributed by atoms with Crippen LogP contribution in [0, 0.1) is 23.7 Å². The largest absolute Gasteiger partial charge is 0.360 e. The SMILES string of the molecule is C1=CC2c3ccccc3N(C3CCCCC3C3=CCC(N(C4C=CC(C5CCC6=C(CCCC6)C5)=CC4)C4CC=C(C5C=C6CCCCC6CC5)CC4)C=C3)C2C=C1. The third-order valence-corrected chi connectivity index (χ3v) is 17.3. The fourth-order valence-corrected chi connectivity index (χ4v) is 14.3. The Bertz CT molecular complexity index is 1990. The Hall–Kier alpha value is -3.36. The molecule has 0 spiro atoms. The summed E-state index contributed by atoms with van der Waals surface area (Å²) in [6, 6.07) is 11.9. The standard InChI is InChI=1S/C56H70N2/c1-3-13-44-37-46(23-21-39(44)11-1)41-25-31-48(32-26-41)57(49-33-27-42(28-34-49)47-24-22-40-12-2-4-14-45(40)38-47)50-35-29-43(30-36-50)51-15-5-8-18-54(51)58-55-19-9-6-16-52(55)53-17-7-10-20-56(53)58/h6-7,9-10,16-17,19-20,25-27,29-31,35,38,40,46-52,54-55H,1-5,8,11-15,18,21-24,28,32-34,36-37H2. The molecule has 1 heterocycles. The van der Waals surface area contributed by atoms with Crippen molar-refractivity contribution < 1.29 is 0 Å². The highest BCUT2D eigenvalue weighted by Gasteiger charge is 2.44. The summed E-state index contributed by atoms with van der Waals surface area (Å²) in [7, 11) is 0. The molecule has 10 unspecified atom stereocenters. The first-order chi connectivity index (χ1) is 28.7. The van der Waals surface area contributed by atoms with Crippen molar-refractivity contribution in [3.8, 4) is 0 Å². The molecule has 0 radical (unpaired) electrons. The number of hydrogen-bond donors (Lipinski definition) is 0. The zero-order valence-electron chi connectivity index (χ0n) is 35.5. The summed E-state index contributed by atoms with van der Waals surface area (Å²) >= 11 is 0. The lowest BCUT2D eigenvalue weighted by atomic mass is 9.71. The second-order valence-corrected chi connectivity index (χ2v) is 20.3. The van der Waals surface area contributed by atoms with E-state index in [0.717, 1.165) is 24.2 Å². The van der Waals surface area contributed by atoms with Gasteiger partial charge >= 0.3 is 0 Å². The summed E-state index contributed by atoms with van der Waals surface area (Å²) in [4.78, 5) is 5.90. The molecule has 304 valence electrons. The molecular weight excluding hydrogens is 701 g/mol. The van der Waals surface area contributed by atoms with Crippen LogP contribution in [0.1, 0.15) is 153 Å². The van der Waals surface area contributed by atoms with Gasteiger partial charge in [0, 0.05) is 41.7 Å². The van der Waals surface area contributed by atoms with Gasteiger partial charge in [0.05, 0.1) is 6.04 Å². The smallest absolute Gasteiger partial charge is 0.0583 e. The fraction of sp³-hybridized carbons (Fsp3) is 0.571. The predicted molar refractivity (Wildman–Crippen MR) is 244 cm³/mol. The van der Waals surface area contributed by atoms with E-state index in [0.29, 0.717) is 42.0 Å². The monoisotopic (exact) mass is 771 g/mol. The minimum absolute atomic E-state index is 0.452. The first-order valence-corrected chi connectivity index (χ1v) is 24.6. The van der Waals surface area contributed by atoms with E-state index in [1.807, 2.05) is 16.7 Å². The number of para-hydroxylation sites is 1. The third-order valence-electron chi connectivity index (χ3n) is 17.3. The van der Waals surface area contributed by atoms with E-state index in [4.69, 9.17) is 0 Å². The van der Waals surface area contributed by atoms with Gasteiger partial charge in [-0.3, -0.25) is 4.90 Å². The lowest BCUT2D eigenvalue weighted by Crippen LogP contribution is -2.50. The molecule has 11 rings (SSSR count). The van der Waals surface area contributed by atoms with Crippen molar-refractivity contribution in [2.45, 2.75) is 177 Å². The van der Waals surface area contributed by atoms with Gasteiger partial charge in [-0.2, -0.15) is 0 Å². The summed E-state index contributed by atoms with van der Waals surface area (Å²) in [6.45, 7) is 0. The van der Waals surface area contributed by atoms with E-state index >= 15 is 0 Å². The van der Waals surface area contributed by atoms with Gasteiger partial charge in [0.1, 0.15) is 0 Å². The highest BCUT2D eigenvalue weighted by molar-refractivity contribution is 5.66. The first kappa shape index (κ1) is 37.6. The Kier molecular flexibility index (Phi) is 10.8. The average Bonchev–Trinajstić information content (AvgIpc) is 3.64. The molecule has 0 saturated heterocycles. The topological polar surface area (TPSA) is 6.48 Å². The molecule has 1 aromatic carbocycles. The zero-order chi connectivity index (χ0) is 38.4. The Morgan fingerprint density at radius 2 is 1.36 bits per heavy atom. The molecule has 2 heteroatoms. The highest BCUT2D eigenvalue weighted by Crippen LogP contribution is 2.50. The van der Waals surface area contributed by atoms with Crippen LogP contribution in [0.5, 0.6) is 0 Å². The van der Waals surface area contributed by atoms with Crippen LogP contribution >= 0.6 is 0 Å². The van der Waals surface area contributed by atoms with E-state index in [1.165, 1.54) is 146 Å². The van der Waals surface area contributed by atoms with Gasteiger partial charge < -0.3 is 4.90 Å². The van der Waals surface area contributed by atoms with Gasteiger partial charge in [-0.25, -0.2) is 0 Å². The predicted octanol–water partition coefficient (Wildman–Crippen LogP) is 14.1. The number of rotatable bonds is 7. The van der Waals surface area contributed by atoms with Gasteiger partial charge in [0.2, 0.25) is 0 Å². The lowest BCUT2D eigenvalue weighted by Gasteiger charge is -2.46. The molecule has 0 N–H and O–H groups in total. The van der Waals surface area contributed by atoms with Crippen LogP contribution in [0.15, 0.2) is 131 Å². The Balaban J connectivity index is 0.831. The second-order valence-electron chi connectivity index (χ2n) is 20.3. The van der Waals surface area contributed by atoms with Gasteiger partial charge in [-0.05, 0) is 163 Å². The molecule has 2 nitrogen and oxygen atoms in total. The molecule has 2 saturated carbocycles. The van der Waals surface area contributed by atoms with Crippen molar-refractivity contribution in [2.24, 2.45) is 23.7 Å². The van der Waals surface area contributed by atoms with E-state index in [-0.39, 0.29) is 0 Å².